The highest BCUT2D eigenvalue weighted by Gasteiger charge is 2.24. The SMILES string of the molecule is c1ccc(-c2nc(-c3cccc(-c4ccc5c6ccccc6c6ccccc6c5c4)c3)nc(-n3c4ccccc4c4ccc5c6ccccc6n(-c6ccccc6-c6ccccc6)c5c43)n2)cc1. The first kappa shape index (κ1) is 38.1. The van der Waals surface area contributed by atoms with Crippen LogP contribution in [0.4, 0.5) is 0 Å². The Bertz CT molecular complexity index is 4280. The molecule has 0 fully saturated rings. The zero-order valence-corrected chi connectivity index (χ0v) is 36.8. The molecule has 0 bridgehead atoms. The third-order valence-corrected chi connectivity index (χ3v) is 13.8. The van der Waals surface area contributed by atoms with Crippen LogP contribution in [0.25, 0.3) is 133 Å². The lowest BCUT2D eigenvalue weighted by Gasteiger charge is -2.16. The van der Waals surface area contributed by atoms with Crippen molar-refractivity contribution >= 4 is 75.9 Å². The fraction of sp³-hybridized carbons (Fsp3) is 0. The molecule has 5 nitrogen and oxygen atoms in total. The Hall–Kier alpha value is -9.19. The minimum atomic E-state index is 0.551. The molecule has 11 aromatic carbocycles. The smallest absolute Gasteiger partial charge is 0.238 e. The van der Waals surface area contributed by atoms with Crippen molar-refractivity contribution in [2.45, 2.75) is 0 Å². The second kappa shape index (κ2) is 15.2. The lowest BCUT2D eigenvalue weighted by molar-refractivity contribution is 0.953. The number of aromatic nitrogens is 5. The van der Waals surface area contributed by atoms with Gasteiger partial charge >= 0.3 is 0 Å². The summed E-state index contributed by atoms with van der Waals surface area (Å²) in [7, 11) is 0. The lowest BCUT2D eigenvalue weighted by Crippen LogP contribution is -2.07. The molecule has 0 aliphatic heterocycles. The number of hydrogen-bond acceptors (Lipinski definition) is 3. The molecule has 3 heterocycles. The van der Waals surface area contributed by atoms with Gasteiger partial charge in [0.05, 0.1) is 27.8 Å². The summed E-state index contributed by atoms with van der Waals surface area (Å²) < 4.78 is 4.72. The van der Waals surface area contributed by atoms with Crippen LogP contribution in [0.1, 0.15) is 0 Å². The minimum Gasteiger partial charge on any atom is -0.307 e. The molecule has 0 unspecified atom stereocenters. The normalized spacial score (nSPS) is 11.8. The van der Waals surface area contributed by atoms with Crippen LogP contribution in [0.5, 0.6) is 0 Å². The summed E-state index contributed by atoms with van der Waals surface area (Å²) in [5.41, 5.74) is 11.7. The van der Waals surface area contributed by atoms with Crippen LogP contribution in [0.3, 0.4) is 0 Å². The zero-order valence-electron chi connectivity index (χ0n) is 36.8. The van der Waals surface area contributed by atoms with Crippen molar-refractivity contribution in [2.75, 3.05) is 0 Å². The number of hydrogen-bond donors (Lipinski definition) is 0. The van der Waals surface area contributed by atoms with Gasteiger partial charge in [0.2, 0.25) is 5.95 Å². The number of rotatable bonds is 6. The number of benzene rings is 11. The molecule has 0 saturated heterocycles. The van der Waals surface area contributed by atoms with E-state index in [0.717, 1.165) is 77.3 Å². The van der Waals surface area contributed by atoms with E-state index in [0.29, 0.717) is 17.6 Å². The van der Waals surface area contributed by atoms with Crippen LogP contribution in [0.2, 0.25) is 0 Å². The van der Waals surface area contributed by atoms with Crippen molar-refractivity contribution < 1.29 is 0 Å². The highest BCUT2D eigenvalue weighted by molar-refractivity contribution is 6.26. The molecule has 0 N–H and O–H groups in total. The average Bonchev–Trinajstić information content (AvgIpc) is 3.94. The first-order valence-corrected chi connectivity index (χ1v) is 23.1. The van der Waals surface area contributed by atoms with Crippen molar-refractivity contribution in [3.8, 4) is 56.7 Å². The van der Waals surface area contributed by atoms with Gasteiger partial charge in [-0.1, -0.05) is 206 Å². The van der Waals surface area contributed by atoms with E-state index < -0.39 is 0 Å². The number of para-hydroxylation sites is 3. The highest BCUT2D eigenvalue weighted by Crippen LogP contribution is 2.44. The van der Waals surface area contributed by atoms with E-state index in [-0.39, 0.29) is 0 Å². The van der Waals surface area contributed by atoms with Gasteiger partial charge in [-0.3, -0.25) is 4.57 Å². The first-order chi connectivity index (χ1) is 33.7. The zero-order chi connectivity index (χ0) is 44.7. The molecule has 14 rings (SSSR count). The van der Waals surface area contributed by atoms with Crippen LogP contribution in [-0.2, 0) is 0 Å². The quantitative estimate of drug-likeness (QED) is 0.156. The van der Waals surface area contributed by atoms with Gasteiger partial charge in [0.25, 0.3) is 0 Å². The second-order valence-corrected chi connectivity index (χ2v) is 17.5. The van der Waals surface area contributed by atoms with E-state index in [1.165, 1.54) is 37.7 Å². The predicted octanol–water partition coefficient (Wildman–Crippen LogP) is 16.2. The standard InChI is InChI=1S/C63H39N5/c1-3-18-40(19-4-1)45-24-11-14-31-56(45)67-57-32-15-12-29-51(57)53-36-37-54-52-30-13-16-33-58(52)68(60(54)59(53)67)63-65-61(41-20-5-2-6-21-41)64-62(66-63)44-23-17-22-42(38-44)43-34-35-50-48-27-8-7-25-46(48)47-26-9-10-28-49(47)55(50)39-43/h1-39H. The molecule has 14 aromatic rings. The van der Waals surface area contributed by atoms with Gasteiger partial charge in [-0.15, -0.1) is 0 Å². The van der Waals surface area contributed by atoms with E-state index in [2.05, 4.69) is 228 Å². The van der Waals surface area contributed by atoms with Gasteiger partial charge < -0.3 is 4.57 Å². The fourth-order valence-corrected chi connectivity index (χ4v) is 10.7. The summed E-state index contributed by atoms with van der Waals surface area (Å²) >= 11 is 0. The van der Waals surface area contributed by atoms with Crippen LogP contribution < -0.4 is 0 Å². The Morgan fingerprint density at radius 1 is 0.250 bits per heavy atom. The molecule has 316 valence electrons. The molecule has 0 spiro atoms. The van der Waals surface area contributed by atoms with Crippen molar-refractivity contribution in [3.63, 3.8) is 0 Å². The predicted molar refractivity (Wildman–Crippen MR) is 283 cm³/mol. The third kappa shape index (κ3) is 5.86. The van der Waals surface area contributed by atoms with E-state index in [4.69, 9.17) is 15.0 Å². The van der Waals surface area contributed by atoms with E-state index in [9.17, 15) is 0 Å². The Labute approximate surface area is 391 Å². The monoisotopic (exact) mass is 865 g/mol. The Kier molecular flexibility index (Phi) is 8.52. The Morgan fingerprint density at radius 3 is 1.35 bits per heavy atom. The molecule has 0 saturated carbocycles. The molecule has 3 aromatic heterocycles. The van der Waals surface area contributed by atoms with Gasteiger partial charge in [-0.05, 0) is 79.3 Å². The molecule has 0 aliphatic carbocycles. The summed E-state index contributed by atoms with van der Waals surface area (Å²) in [6.07, 6.45) is 0. The average molecular weight is 866 g/mol. The highest BCUT2D eigenvalue weighted by atomic mass is 15.2. The van der Waals surface area contributed by atoms with Crippen molar-refractivity contribution in [1.29, 1.82) is 0 Å². The maximum atomic E-state index is 5.49. The fourth-order valence-electron chi connectivity index (χ4n) is 10.7. The van der Waals surface area contributed by atoms with Crippen molar-refractivity contribution in [3.05, 3.63) is 237 Å². The van der Waals surface area contributed by atoms with E-state index >= 15 is 0 Å². The summed E-state index contributed by atoms with van der Waals surface area (Å²) in [5.74, 6) is 1.75. The van der Waals surface area contributed by atoms with Crippen LogP contribution in [0, 0.1) is 0 Å². The van der Waals surface area contributed by atoms with Gasteiger partial charge in [0, 0.05) is 38.2 Å². The molecule has 0 aliphatic rings. The van der Waals surface area contributed by atoms with Gasteiger partial charge in [-0.2, -0.15) is 9.97 Å². The Balaban J connectivity index is 1.03. The largest absolute Gasteiger partial charge is 0.307 e. The molecule has 5 heteroatoms. The Morgan fingerprint density at radius 2 is 0.691 bits per heavy atom. The molecule has 0 atom stereocenters. The summed E-state index contributed by atoms with van der Waals surface area (Å²) in [5, 5.41) is 12.1. The van der Waals surface area contributed by atoms with E-state index in [1.807, 2.05) is 18.2 Å². The number of nitrogens with zero attached hydrogens (tertiary/aromatic N) is 5. The van der Waals surface area contributed by atoms with Crippen molar-refractivity contribution in [2.24, 2.45) is 0 Å². The van der Waals surface area contributed by atoms with Crippen LogP contribution >= 0.6 is 0 Å². The molecule has 68 heavy (non-hydrogen) atoms. The molecule has 0 amide bonds. The molecular weight excluding hydrogens is 827 g/mol. The van der Waals surface area contributed by atoms with E-state index in [1.54, 1.807) is 0 Å². The second-order valence-electron chi connectivity index (χ2n) is 17.5. The minimum absolute atomic E-state index is 0.551. The maximum absolute atomic E-state index is 5.49. The van der Waals surface area contributed by atoms with Crippen LogP contribution in [0.15, 0.2) is 237 Å². The topological polar surface area (TPSA) is 48.5 Å². The van der Waals surface area contributed by atoms with Gasteiger partial charge in [-0.25, -0.2) is 4.98 Å². The lowest BCUT2D eigenvalue weighted by atomic mass is 9.92. The van der Waals surface area contributed by atoms with Crippen LogP contribution in [-0.4, -0.2) is 24.1 Å². The molecular formula is C63H39N5. The van der Waals surface area contributed by atoms with Gasteiger partial charge in [0.1, 0.15) is 0 Å². The molecule has 0 radical (unpaired) electrons. The van der Waals surface area contributed by atoms with Gasteiger partial charge in [0.15, 0.2) is 11.6 Å². The van der Waals surface area contributed by atoms with Crippen molar-refractivity contribution in [1.82, 2.24) is 24.1 Å². The first-order valence-electron chi connectivity index (χ1n) is 23.1. The maximum Gasteiger partial charge on any atom is 0.238 e. The summed E-state index contributed by atoms with van der Waals surface area (Å²) in [6.45, 7) is 0. The number of fused-ring (bicyclic) bond motifs is 13. The third-order valence-electron chi connectivity index (χ3n) is 13.8. The summed E-state index contributed by atoms with van der Waals surface area (Å²) in [4.78, 5) is 16.2. The summed E-state index contributed by atoms with van der Waals surface area (Å²) in [6, 6.07) is 84.6.